The summed E-state index contributed by atoms with van der Waals surface area (Å²) in [4.78, 5) is 27.4. The van der Waals surface area contributed by atoms with Crippen LogP contribution in [0.4, 0.5) is 0 Å². The van der Waals surface area contributed by atoms with E-state index in [1.807, 2.05) is 37.4 Å². The zero-order chi connectivity index (χ0) is 15.7. The molecule has 0 unspecified atom stereocenters. The highest BCUT2D eigenvalue weighted by Crippen LogP contribution is 2.17. The number of amides is 2. The van der Waals surface area contributed by atoms with Gasteiger partial charge in [0, 0.05) is 20.5 Å². The van der Waals surface area contributed by atoms with E-state index < -0.39 is 0 Å². The number of carbonyl (C=O) groups excluding carboxylic acids is 2. The number of benzene rings is 1. The van der Waals surface area contributed by atoms with E-state index in [0.29, 0.717) is 18.7 Å². The van der Waals surface area contributed by atoms with Gasteiger partial charge in [-0.05, 0) is 5.56 Å². The number of hydrogen-bond acceptors (Lipinski definition) is 3. The van der Waals surface area contributed by atoms with Gasteiger partial charge < -0.3 is 9.80 Å². The fraction of sp³-hybridized carbons (Fsp3) is 0.312. The van der Waals surface area contributed by atoms with Crippen molar-refractivity contribution in [3.63, 3.8) is 0 Å². The summed E-state index contributed by atoms with van der Waals surface area (Å²) in [7, 11) is 3.53. The average molecular weight is 298 g/mol. The lowest BCUT2D eigenvalue weighted by Crippen LogP contribution is -2.30. The maximum absolute atomic E-state index is 12.7. The second-order valence-electron chi connectivity index (χ2n) is 5.53. The molecule has 0 spiro atoms. The molecule has 114 valence electrons. The lowest BCUT2D eigenvalue weighted by Gasteiger charge is -2.15. The summed E-state index contributed by atoms with van der Waals surface area (Å²) >= 11 is 0. The van der Waals surface area contributed by atoms with Gasteiger partial charge in [-0.1, -0.05) is 30.3 Å². The Morgan fingerprint density at radius 1 is 1.23 bits per heavy atom. The largest absolute Gasteiger partial charge is 0.326 e. The highest BCUT2D eigenvalue weighted by molar-refractivity contribution is 5.98. The molecule has 0 aliphatic carbocycles. The third kappa shape index (κ3) is 2.59. The van der Waals surface area contributed by atoms with Crippen LogP contribution in [-0.4, -0.2) is 51.7 Å². The molecule has 1 fully saturated rings. The van der Waals surface area contributed by atoms with Gasteiger partial charge in [-0.15, -0.1) is 0 Å². The fourth-order valence-electron chi connectivity index (χ4n) is 2.62. The molecule has 1 aliphatic rings. The van der Waals surface area contributed by atoms with Crippen molar-refractivity contribution < 1.29 is 9.59 Å². The van der Waals surface area contributed by atoms with Crippen molar-refractivity contribution in [3.8, 4) is 0 Å². The minimum absolute atomic E-state index is 0.0400. The van der Waals surface area contributed by atoms with Gasteiger partial charge in [-0.3, -0.25) is 14.3 Å². The first-order valence-corrected chi connectivity index (χ1v) is 7.14. The van der Waals surface area contributed by atoms with Crippen molar-refractivity contribution in [3.05, 3.63) is 53.3 Å². The quantitative estimate of drug-likeness (QED) is 0.845. The second-order valence-corrected chi connectivity index (χ2v) is 5.53. The number of carbonyl (C=O) groups is 2. The van der Waals surface area contributed by atoms with Crippen molar-refractivity contribution in [2.75, 3.05) is 20.3 Å². The Bertz CT molecular complexity index is 708. The van der Waals surface area contributed by atoms with E-state index in [0.717, 1.165) is 11.3 Å². The van der Waals surface area contributed by atoms with Gasteiger partial charge in [-0.25, -0.2) is 0 Å². The summed E-state index contributed by atoms with van der Waals surface area (Å²) in [5, 5.41) is 4.21. The van der Waals surface area contributed by atoms with Crippen molar-refractivity contribution >= 4 is 11.8 Å². The number of nitrogens with zero attached hydrogens (tertiary/aromatic N) is 4. The van der Waals surface area contributed by atoms with E-state index in [2.05, 4.69) is 5.10 Å². The molecule has 1 aromatic carbocycles. The summed E-state index contributed by atoms with van der Waals surface area (Å²) in [5.41, 5.74) is 2.54. The van der Waals surface area contributed by atoms with Crippen LogP contribution in [0.2, 0.25) is 0 Å². The van der Waals surface area contributed by atoms with E-state index in [9.17, 15) is 9.59 Å². The van der Waals surface area contributed by atoms with Crippen LogP contribution in [-0.2, 0) is 18.3 Å². The van der Waals surface area contributed by atoms with E-state index in [1.54, 1.807) is 27.7 Å². The lowest BCUT2D eigenvalue weighted by atomic mass is 10.1. The molecule has 1 aromatic heterocycles. The molecule has 2 amide bonds. The predicted octanol–water partition coefficient (Wildman–Crippen LogP) is 0.883. The van der Waals surface area contributed by atoms with Gasteiger partial charge in [0.25, 0.3) is 5.91 Å². The number of hydrogen-bond donors (Lipinski definition) is 0. The van der Waals surface area contributed by atoms with Crippen molar-refractivity contribution in [1.82, 2.24) is 19.6 Å². The molecule has 0 atom stereocenters. The fourth-order valence-corrected chi connectivity index (χ4v) is 2.62. The highest BCUT2D eigenvalue weighted by atomic mass is 16.2. The van der Waals surface area contributed by atoms with Gasteiger partial charge in [0.2, 0.25) is 5.91 Å². The zero-order valence-corrected chi connectivity index (χ0v) is 12.7. The Labute approximate surface area is 128 Å². The van der Waals surface area contributed by atoms with Crippen LogP contribution in [0.5, 0.6) is 0 Å². The van der Waals surface area contributed by atoms with E-state index in [-0.39, 0.29) is 18.4 Å². The van der Waals surface area contributed by atoms with Crippen LogP contribution in [0.3, 0.4) is 0 Å². The third-order valence-corrected chi connectivity index (χ3v) is 3.93. The molecular weight excluding hydrogens is 280 g/mol. The molecule has 0 N–H and O–H groups in total. The first-order chi connectivity index (χ1) is 10.6. The minimum atomic E-state index is -0.142. The Morgan fingerprint density at radius 2 is 1.95 bits per heavy atom. The standard InChI is InChI=1S/C16H18N4O2/c1-18-11-20(10-15(18)21)16(22)13-9-17-19(2)14(13)8-12-6-4-3-5-7-12/h3-7,9H,8,10-11H2,1-2H3. The van der Waals surface area contributed by atoms with Crippen LogP contribution in [0.25, 0.3) is 0 Å². The van der Waals surface area contributed by atoms with Gasteiger partial charge in [0.1, 0.15) is 6.54 Å². The molecule has 2 aromatic rings. The van der Waals surface area contributed by atoms with Crippen LogP contribution in [0.1, 0.15) is 21.6 Å². The van der Waals surface area contributed by atoms with Gasteiger partial charge >= 0.3 is 0 Å². The van der Waals surface area contributed by atoms with E-state index in [4.69, 9.17) is 0 Å². The molecule has 6 nitrogen and oxygen atoms in total. The van der Waals surface area contributed by atoms with Crippen LogP contribution < -0.4 is 0 Å². The molecule has 3 rings (SSSR count). The van der Waals surface area contributed by atoms with Crippen molar-refractivity contribution in [2.45, 2.75) is 6.42 Å². The number of likely N-dealkylation sites (N-methyl/N-ethyl adjacent to an activating group) is 1. The lowest BCUT2D eigenvalue weighted by molar-refractivity contribution is -0.125. The van der Waals surface area contributed by atoms with E-state index >= 15 is 0 Å². The smallest absolute Gasteiger partial charge is 0.259 e. The normalized spacial score (nSPS) is 14.7. The Hall–Kier alpha value is -2.63. The molecule has 22 heavy (non-hydrogen) atoms. The van der Waals surface area contributed by atoms with Gasteiger partial charge in [0.05, 0.1) is 24.1 Å². The SMILES string of the molecule is CN1CN(C(=O)c2cnn(C)c2Cc2ccccc2)CC1=O. The molecule has 1 saturated heterocycles. The third-order valence-electron chi connectivity index (χ3n) is 3.93. The highest BCUT2D eigenvalue weighted by Gasteiger charge is 2.30. The first-order valence-electron chi connectivity index (χ1n) is 7.14. The second kappa shape index (κ2) is 5.63. The molecule has 1 aliphatic heterocycles. The molecule has 0 bridgehead atoms. The molecular formula is C16H18N4O2. The summed E-state index contributed by atoms with van der Waals surface area (Å²) in [5.74, 6) is -0.182. The van der Waals surface area contributed by atoms with Gasteiger partial charge in [0.15, 0.2) is 0 Å². The first kappa shape index (κ1) is 14.3. The van der Waals surface area contributed by atoms with Crippen LogP contribution >= 0.6 is 0 Å². The number of aryl methyl sites for hydroxylation is 1. The Kier molecular flexibility index (Phi) is 3.66. The maximum atomic E-state index is 12.7. The van der Waals surface area contributed by atoms with Crippen LogP contribution in [0, 0.1) is 0 Å². The minimum Gasteiger partial charge on any atom is -0.326 e. The monoisotopic (exact) mass is 298 g/mol. The summed E-state index contributed by atoms with van der Waals surface area (Å²) in [6.07, 6.45) is 2.22. The summed E-state index contributed by atoms with van der Waals surface area (Å²) in [6.45, 7) is 0.465. The van der Waals surface area contributed by atoms with Gasteiger partial charge in [-0.2, -0.15) is 5.10 Å². The van der Waals surface area contributed by atoms with Crippen LogP contribution in [0.15, 0.2) is 36.5 Å². The Morgan fingerprint density at radius 3 is 2.59 bits per heavy atom. The maximum Gasteiger partial charge on any atom is 0.259 e. The van der Waals surface area contributed by atoms with Crippen molar-refractivity contribution in [2.24, 2.45) is 7.05 Å². The Balaban J connectivity index is 1.86. The topological polar surface area (TPSA) is 58.4 Å². The molecule has 6 heteroatoms. The summed E-state index contributed by atoms with van der Waals surface area (Å²) < 4.78 is 1.72. The molecule has 0 radical (unpaired) electrons. The average Bonchev–Trinajstić information content (AvgIpc) is 3.04. The summed E-state index contributed by atoms with van der Waals surface area (Å²) in [6, 6.07) is 9.95. The number of rotatable bonds is 3. The predicted molar refractivity (Wildman–Crippen MR) is 81.1 cm³/mol. The molecule has 0 saturated carbocycles. The molecule has 2 heterocycles. The number of aromatic nitrogens is 2. The van der Waals surface area contributed by atoms with E-state index in [1.165, 1.54) is 0 Å². The zero-order valence-electron chi connectivity index (χ0n) is 12.7. The van der Waals surface area contributed by atoms with Crippen molar-refractivity contribution in [1.29, 1.82) is 0 Å².